The Labute approximate surface area is 441 Å². The maximum atomic E-state index is 13.0. The van der Waals surface area contributed by atoms with Crippen molar-refractivity contribution in [2.75, 3.05) is 27.1 Å². The first-order chi connectivity index (χ1) is 36.8. The van der Waals surface area contributed by atoms with Crippen molar-refractivity contribution in [3.05, 3.63) is 120 Å². The number of ether oxygens (including phenoxy) is 3. The number of carbonyl (C=O) groups is 1. The second-order valence-electron chi connectivity index (χ2n) is 16.5. The quantitative estimate of drug-likeness (QED) is 0.0253. The van der Waals surface area contributed by atoms with E-state index in [1.807, 2.05) is 0 Å². The highest BCUT2D eigenvalue weighted by Gasteiger charge is 2.26. The summed E-state index contributed by atoms with van der Waals surface area (Å²) in [5, 5.41) is 74.5. The molecule has 0 spiro atoms. The smallest absolute Gasteiger partial charge is 0.339 e. The van der Waals surface area contributed by atoms with E-state index in [0.29, 0.717) is 22.4 Å². The average molecular weight is 1120 g/mol. The van der Waals surface area contributed by atoms with Crippen molar-refractivity contribution in [3.63, 3.8) is 0 Å². The molecule has 0 bridgehead atoms. The van der Waals surface area contributed by atoms with Crippen LogP contribution in [-0.2, 0) is 30.4 Å². The summed E-state index contributed by atoms with van der Waals surface area (Å²) in [7, 11) is -11.0. The molecule has 0 fully saturated rings. The minimum absolute atomic E-state index is 0.0144. The number of nitrogens with zero attached hydrogens (tertiary/aromatic N) is 8. The first-order valence-corrected chi connectivity index (χ1v) is 26.2. The number of nitrogen functional groups attached to an aromatic ring is 1. The normalized spacial score (nSPS) is 12.4. The number of carboxylic acid groups (broad SMARTS) is 1. The summed E-state index contributed by atoms with van der Waals surface area (Å²) in [6.45, 7) is 1.66. The maximum Gasteiger partial charge on any atom is 0.339 e. The van der Waals surface area contributed by atoms with E-state index in [1.54, 1.807) is 13.0 Å². The topological polar surface area (TPSA) is 414 Å². The van der Waals surface area contributed by atoms with E-state index < -0.39 is 79.6 Å². The second-order valence-corrected chi connectivity index (χ2v) is 20.7. The highest BCUT2D eigenvalue weighted by atomic mass is 32.2. The van der Waals surface area contributed by atoms with Gasteiger partial charge in [0.15, 0.2) is 11.5 Å². The minimum atomic E-state index is -5.18. The first kappa shape index (κ1) is 54.7. The molecule has 8 aromatic carbocycles. The van der Waals surface area contributed by atoms with Gasteiger partial charge >= 0.3 is 5.97 Å². The number of hydrogen-bond acceptors (Lipinski definition) is 22. The molecule has 8 rings (SSSR count). The molecule has 0 saturated heterocycles. The second kappa shape index (κ2) is 21.2. The van der Waals surface area contributed by atoms with Crippen LogP contribution in [0.1, 0.15) is 15.9 Å². The van der Waals surface area contributed by atoms with Gasteiger partial charge in [0.1, 0.15) is 66.8 Å². The van der Waals surface area contributed by atoms with Gasteiger partial charge in [-0.05, 0) is 120 Å². The van der Waals surface area contributed by atoms with E-state index in [9.17, 15) is 64.1 Å². The molecule has 0 aromatic heterocycles. The number of hydrogen-bond donors (Lipinski definition) is 8. The molecule has 0 unspecified atom stereocenters. The summed E-state index contributed by atoms with van der Waals surface area (Å²) in [5.41, 5.74) is 6.32. The zero-order chi connectivity index (χ0) is 56.6. The van der Waals surface area contributed by atoms with Crippen LogP contribution in [0.15, 0.2) is 165 Å². The number of carboxylic acids is 1. The predicted molar refractivity (Wildman–Crippen MR) is 280 cm³/mol. The van der Waals surface area contributed by atoms with E-state index in [2.05, 4.69) is 40.9 Å². The van der Waals surface area contributed by atoms with Gasteiger partial charge in [0.25, 0.3) is 30.4 Å². The third-order valence-electron chi connectivity index (χ3n) is 11.5. The highest BCUT2D eigenvalue weighted by Crippen LogP contribution is 2.48. The molecular weight excluding hydrogens is 1080 g/mol. The van der Waals surface area contributed by atoms with Crippen LogP contribution in [0.4, 0.5) is 51.2 Å². The Morgan fingerprint density at radius 3 is 1.76 bits per heavy atom. The van der Waals surface area contributed by atoms with E-state index in [-0.39, 0.29) is 78.5 Å². The number of fused-ring (bicyclic) bond motifs is 2. The van der Waals surface area contributed by atoms with Gasteiger partial charge in [0.2, 0.25) is 0 Å². The highest BCUT2D eigenvalue weighted by molar-refractivity contribution is 7.86. The summed E-state index contributed by atoms with van der Waals surface area (Å²) in [6.07, 6.45) is 0. The van der Waals surface area contributed by atoms with Gasteiger partial charge in [-0.15, -0.1) is 25.6 Å². The predicted octanol–water partition coefficient (Wildman–Crippen LogP) is 11.8. The number of anilines is 1. The zero-order valence-electron chi connectivity index (χ0n) is 40.5. The summed E-state index contributed by atoms with van der Waals surface area (Å²) in [5.74, 6) is -2.96. The van der Waals surface area contributed by atoms with Crippen molar-refractivity contribution in [1.82, 2.24) is 0 Å². The standard InChI is InChI=1S/C49H39N9O17S3/c1-23-13-38(41(75-4)22-37(23)54-51-27-6-12-39(59)34(20-27)49(62)63)55-56-44-33-21-43(78(70,71)72)46(48(61)32(33)9-10-35(44)50)57-52-28-14-25(15-29(19-28)73-2)24-5-11-36(40(17-24)74-3)53-58-45-42(77(67,68)69)18-26-16-30(76(64,65)66)7-8-31(26)47(45)60/h5-22,59-61H,50H2,1-4H3,(H,62,63)(H,64,65,66)(H,67,68,69)(H,70,71,72). The van der Waals surface area contributed by atoms with E-state index in [1.165, 1.54) is 88.1 Å². The number of phenolic OH excluding ortho intramolecular Hbond substituents is 2. The van der Waals surface area contributed by atoms with Crippen molar-refractivity contribution in [2.24, 2.45) is 40.9 Å². The molecular formula is C49H39N9O17S3. The summed E-state index contributed by atoms with van der Waals surface area (Å²) in [4.78, 5) is 9.01. The number of aryl methyl sites for hydroxylation is 1. The van der Waals surface area contributed by atoms with Gasteiger partial charge in [-0.25, -0.2) is 4.79 Å². The Bertz CT molecular complexity index is 4310. The fourth-order valence-electron chi connectivity index (χ4n) is 7.67. The number of phenols is 3. The number of azo groups is 4. The van der Waals surface area contributed by atoms with Crippen molar-refractivity contribution >= 4 is 109 Å². The van der Waals surface area contributed by atoms with Gasteiger partial charge in [-0.3, -0.25) is 13.7 Å². The van der Waals surface area contributed by atoms with Crippen LogP contribution in [-0.4, -0.2) is 86.6 Å². The molecule has 0 saturated carbocycles. The Balaban J connectivity index is 1.12. The number of aromatic carboxylic acids is 1. The van der Waals surface area contributed by atoms with E-state index in [4.69, 9.17) is 19.9 Å². The molecule has 0 aliphatic heterocycles. The lowest BCUT2D eigenvalue weighted by Gasteiger charge is -2.12. The van der Waals surface area contributed by atoms with Gasteiger partial charge in [0, 0.05) is 28.3 Å². The first-order valence-electron chi connectivity index (χ1n) is 21.9. The van der Waals surface area contributed by atoms with Crippen LogP contribution in [0.3, 0.4) is 0 Å². The van der Waals surface area contributed by atoms with Crippen LogP contribution >= 0.6 is 0 Å². The lowest BCUT2D eigenvalue weighted by atomic mass is 10.0. The van der Waals surface area contributed by atoms with Crippen LogP contribution in [0, 0.1) is 6.92 Å². The average Bonchev–Trinajstić information content (AvgIpc) is 3.58. The molecule has 0 amide bonds. The SMILES string of the molecule is COc1cc(N=Nc2c(S(=O)(=O)O)cc3c(N=Nc4cc(C)c(N=Nc5ccc(O)c(C(=O)O)c5)cc4OC)c(N)ccc3c2O)cc(-c2ccc(N=Nc3c(S(=O)(=O)O)cc4cc(S(=O)(=O)O)ccc4c3O)c(OC)c2)c1. The zero-order valence-corrected chi connectivity index (χ0v) is 42.9. The van der Waals surface area contributed by atoms with E-state index in [0.717, 1.165) is 36.4 Å². The molecule has 29 heteroatoms. The molecule has 0 radical (unpaired) electrons. The molecule has 78 heavy (non-hydrogen) atoms. The van der Waals surface area contributed by atoms with Crippen LogP contribution in [0.2, 0.25) is 0 Å². The number of nitrogens with two attached hydrogens (primary N) is 1. The van der Waals surface area contributed by atoms with Crippen molar-refractivity contribution in [2.45, 2.75) is 21.6 Å². The Hall–Kier alpha value is -9.52. The lowest BCUT2D eigenvalue weighted by molar-refractivity contribution is 0.0693. The van der Waals surface area contributed by atoms with Gasteiger partial charge in [-0.2, -0.15) is 40.6 Å². The molecule has 0 atom stereocenters. The number of aromatic hydroxyl groups is 3. The molecule has 400 valence electrons. The Morgan fingerprint density at radius 1 is 0.500 bits per heavy atom. The summed E-state index contributed by atoms with van der Waals surface area (Å²) in [6, 6.07) is 23.0. The Kier molecular flexibility index (Phi) is 14.9. The number of methoxy groups -OCH3 is 3. The molecule has 26 nitrogen and oxygen atoms in total. The largest absolute Gasteiger partial charge is 0.507 e. The minimum Gasteiger partial charge on any atom is -0.507 e. The van der Waals surface area contributed by atoms with Crippen molar-refractivity contribution in [3.8, 4) is 45.6 Å². The monoisotopic (exact) mass is 1120 g/mol. The molecule has 8 aromatic rings. The summed E-state index contributed by atoms with van der Waals surface area (Å²) >= 11 is 0. The maximum absolute atomic E-state index is 13.0. The van der Waals surface area contributed by atoms with Gasteiger partial charge in [-0.1, -0.05) is 6.07 Å². The number of benzene rings is 8. The molecule has 9 N–H and O–H groups in total. The summed E-state index contributed by atoms with van der Waals surface area (Å²) < 4.78 is 121. The fourth-order valence-corrected chi connectivity index (χ4v) is 9.49. The van der Waals surface area contributed by atoms with Crippen LogP contribution < -0.4 is 19.9 Å². The lowest BCUT2D eigenvalue weighted by Crippen LogP contribution is -2.00. The third-order valence-corrected chi connectivity index (χ3v) is 14.1. The van der Waals surface area contributed by atoms with Crippen LogP contribution in [0.5, 0.6) is 34.5 Å². The molecule has 0 heterocycles. The van der Waals surface area contributed by atoms with Crippen molar-refractivity contribution < 1.29 is 78.3 Å². The number of rotatable bonds is 16. The van der Waals surface area contributed by atoms with Gasteiger partial charge < -0.3 is 40.4 Å². The van der Waals surface area contributed by atoms with Crippen molar-refractivity contribution in [1.29, 1.82) is 0 Å². The fraction of sp³-hybridized carbons (Fsp3) is 0.0816. The molecule has 0 aliphatic rings. The molecule has 0 aliphatic carbocycles. The third kappa shape index (κ3) is 11.3. The van der Waals surface area contributed by atoms with Gasteiger partial charge in [0.05, 0.1) is 49.0 Å². The van der Waals surface area contributed by atoms with E-state index >= 15 is 0 Å². The Morgan fingerprint density at radius 2 is 1.10 bits per heavy atom. The van der Waals surface area contributed by atoms with Crippen LogP contribution in [0.25, 0.3) is 32.7 Å².